The van der Waals surface area contributed by atoms with Gasteiger partial charge in [0, 0.05) is 50.7 Å². The molecule has 360 valence electrons. The number of aliphatic hydroxyl groups excluding tert-OH is 2. The lowest BCUT2D eigenvalue weighted by Gasteiger charge is -2.26. The van der Waals surface area contributed by atoms with Crippen LogP contribution < -0.4 is 19.8 Å². The quantitative estimate of drug-likeness (QED) is 0.0301. The van der Waals surface area contributed by atoms with Crippen molar-refractivity contribution in [1.82, 2.24) is 0 Å². The Kier molecular flexibility index (Phi) is 17.8. The first-order chi connectivity index (χ1) is 34.6. The highest BCUT2D eigenvalue weighted by Gasteiger charge is 2.17. The van der Waals surface area contributed by atoms with E-state index in [0.29, 0.717) is 24.6 Å². The van der Waals surface area contributed by atoms with Gasteiger partial charge in [-0.2, -0.15) is 10.2 Å². The molecule has 0 saturated carbocycles. The molecule has 8 aromatic carbocycles. The molecular weight excluding hydrogens is 913 g/mol. The van der Waals surface area contributed by atoms with E-state index in [1.807, 2.05) is 83.1 Å². The van der Waals surface area contributed by atoms with Gasteiger partial charge in [0.25, 0.3) is 0 Å². The van der Waals surface area contributed by atoms with Crippen molar-refractivity contribution < 1.29 is 10.2 Å². The van der Waals surface area contributed by atoms with Crippen LogP contribution in [0.4, 0.5) is 45.5 Å². The molecule has 0 aromatic heterocycles. The standard InChI is InChI=1S/C61H62N6O2S2/c1-46-15-27-54(28-16-46)66(55-29-17-47(2)18-30-55)58-35-23-50(24-36-58)39-62-64(52-11-7-5-8-12-52)41-60(68)43-70-45-71-44-61(69)42-65(53-13-9-6-10-14-53)63-40-51-25-37-59(38-26-51)67(56-31-19-48(3)20-32-56)57-33-21-49(4)22-34-57/h5-40,60-61,68-69H,41-45H2,1-4H3/b62-39+,63-40+. The van der Waals surface area contributed by atoms with Gasteiger partial charge in [0.1, 0.15) is 0 Å². The number of rotatable bonds is 22. The molecule has 0 heterocycles. The maximum Gasteiger partial charge on any atom is 0.0826 e. The first-order valence-corrected chi connectivity index (χ1v) is 26.3. The summed E-state index contributed by atoms with van der Waals surface area (Å²) in [6.45, 7) is 9.07. The number of thioether (sulfide) groups is 2. The molecule has 0 spiro atoms. The van der Waals surface area contributed by atoms with E-state index in [2.05, 4.69) is 183 Å². The van der Waals surface area contributed by atoms with Gasteiger partial charge in [-0.1, -0.05) is 131 Å². The van der Waals surface area contributed by atoms with Crippen LogP contribution in [-0.2, 0) is 0 Å². The Balaban J connectivity index is 0.846. The Morgan fingerprint density at radius 1 is 0.366 bits per heavy atom. The molecule has 2 unspecified atom stereocenters. The van der Waals surface area contributed by atoms with Gasteiger partial charge in [-0.25, -0.2) is 0 Å². The fraction of sp³-hybridized carbons (Fsp3) is 0.180. The highest BCUT2D eigenvalue weighted by atomic mass is 32.2. The lowest BCUT2D eigenvalue weighted by molar-refractivity contribution is 0.205. The zero-order valence-corrected chi connectivity index (χ0v) is 42.5. The largest absolute Gasteiger partial charge is 0.390 e. The number of nitrogens with zero attached hydrogens (tertiary/aromatic N) is 6. The molecule has 0 aliphatic rings. The molecule has 0 aliphatic heterocycles. The first-order valence-electron chi connectivity index (χ1n) is 24.0. The maximum absolute atomic E-state index is 11.3. The monoisotopic (exact) mass is 974 g/mol. The van der Waals surface area contributed by atoms with E-state index in [0.717, 1.165) is 61.7 Å². The highest BCUT2D eigenvalue weighted by molar-refractivity contribution is 8.16. The van der Waals surface area contributed by atoms with E-state index >= 15 is 0 Å². The Labute approximate surface area is 428 Å². The fourth-order valence-electron chi connectivity index (χ4n) is 7.93. The topological polar surface area (TPSA) is 78.1 Å². The van der Waals surface area contributed by atoms with Crippen molar-refractivity contribution in [1.29, 1.82) is 0 Å². The lowest BCUT2D eigenvalue weighted by atomic mass is 10.1. The first kappa shape index (κ1) is 50.3. The van der Waals surface area contributed by atoms with Crippen LogP contribution >= 0.6 is 23.5 Å². The number of hydrazone groups is 2. The molecule has 0 amide bonds. The minimum absolute atomic E-state index is 0.331. The second-order valence-electron chi connectivity index (χ2n) is 17.7. The van der Waals surface area contributed by atoms with Crippen molar-refractivity contribution in [3.8, 4) is 0 Å². The predicted octanol–water partition coefficient (Wildman–Crippen LogP) is 14.4. The molecule has 8 nitrogen and oxygen atoms in total. The number of hydrogen-bond donors (Lipinski definition) is 2. The van der Waals surface area contributed by atoms with Gasteiger partial charge in [0.15, 0.2) is 0 Å². The lowest BCUT2D eigenvalue weighted by Crippen LogP contribution is -2.30. The molecule has 0 saturated heterocycles. The molecule has 10 heteroatoms. The number of benzene rings is 8. The van der Waals surface area contributed by atoms with E-state index in [-0.39, 0.29) is 0 Å². The van der Waals surface area contributed by atoms with Crippen molar-refractivity contribution in [2.75, 3.05) is 49.5 Å². The number of hydrogen-bond acceptors (Lipinski definition) is 10. The zero-order valence-electron chi connectivity index (χ0n) is 40.9. The summed E-state index contributed by atoms with van der Waals surface area (Å²) < 4.78 is 0. The smallest absolute Gasteiger partial charge is 0.0826 e. The average Bonchev–Trinajstić information content (AvgIpc) is 3.40. The number of anilines is 8. The van der Waals surface area contributed by atoms with E-state index in [4.69, 9.17) is 10.2 Å². The Morgan fingerprint density at radius 3 is 0.915 bits per heavy atom. The minimum atomic E-state index is -0.631. The van der Waals surface area contributed by atoms with Crippen LogP contribution in [0.1, 0.15) is 33.4 Å². The summed E-state index contributed by atoms with van der Waals surface area (Å²) in [4.78, 5) is 4.51. The minimum Gasteiger partial charge on any atom is -0.390 e. The molecule has 0 aliphatic carbocycles. The molecule has 8 rings (SSSR count). The van der Waals surface area contributed by atoms with Crippen molar-refractivity contribution in [3.05, 3.63) is 240 Å². The normalized spacial score (nSPS) is 12.3. The molecule has 0 fully saturated rings. The van der Waals surface area contributed by atoms with Gasteiger partial charge in [0.2, 0.25) is 0 Å². The third-order valence-electron chi connectivity index (χ3n) is 11.8. The van der Waals surface area contributed by atoms with Crippen LogP contribution in [0.2, 0.25) is 0 Å². The maximum atomic E-state index is 11.3. The van der Waals surface area contributed by atoms with E-state index < -0.39 is 12.2 Å². The molecule has 71 heavy (non-hydrogen) atoms. The summed E-state index contributed by atoms with van der Waals surface area (Å²) in [5.41, 5.74) is 15.0. The third-order valence-corrected chi connectivity index (χ3v) is 14.4. The van der Waals surface area contributed by atoms with Gasteiger partial charge in [0.05, 0.1) is 49.1 Å². The van der Waals surface area contributed by atoms with Crippen molar-refractivity contribution in [2.45, 2.75) is 39.9 Å². The summed E-state index contributed by atoms with van der Waals surface area (Å²) in [5, 5.41) is 36.7. The van der Waals surface area contributed by atoms with E-state index in [1.54, 1.807) is 23.5 Å². The fourth-order valence-corrected chi connectivity index (χ4v) is 9.93. The van der Waals surface area contributed by atoms with Crippen molar-refractivity contribution in [3.63, 3.8) is 0 Å². The zero-order chi connectivity index (χ0) is 49.4. The number of aliphatic hydroxyl groups is 2. The SMILES string of the molecule is Cc1ccc(N(c2ccc(C)cc2)c2ccc(/C=N/N(CC(O)CSCSCC(O)CN(/N=C/c3ccc(N(c4ccc(C)cc4)c4ccc(C)cc4)cc3)c3ccccc3)c3ccccc3)cc2)cc1. The van der Waals surface area contributed by atoms with Gasteiger partial charge in [-0.15, -0.1) is 23.5 Å². The Hall–Kier alpha value is -7.08. The van der Waals surface area contributed by atoms with Crippen LogP contribution in [0.5, 0.6) is 0 Å². The molecule has 8 aromatic rings. The van der Waals surface area contributed by atoms with Crippen LogP contribution in [0, 0.1) is 27.7 Å². The van der Waals surface area contributed by atoms with E-state index in [1.165, 1.54) is 22.3 Å². The molecule has 2 N–H and O–H groups in total. The summed E-state index contributed by atoms with van der Waals surface area (Å²) in [6.07, 6.45) is 2.44. The van der Waals surface area contributed by atoms with Crippen LogP contribution in [0.15, 0.2) is 216 Å². The summed E-state index contributed by atoms with van der Waals surface area (Å²) >= 11 is 3.31. The second-order valence-corrected chi connectivity index (χ2v) is 20.1. The average molecular weight is 975 g/mol. The Morgan fingerprint density at radius 2 is 0.634 bits per heavy atom. The molecule has 2 atom stereocenters. The van der Waals surface area contributed by atoms with Gasteiger partial charge in [-0.3, -0.25) is 10.0 Å². The van der Waals surface area contributed by atoms with Crippen molar-refractivity contribution in [2.24, 2.45) is 10.2 Å². The van der Waals surface area contributed by atoms with Crippen molar-refractivity contribution >= 4 is 81.5 Å². The highest BCUT2D eigenvalue weighted by Crippen LogP contribution is 2.36. The number of para-hydroxylation sites is 2. The molecular formula is C61H62N6O2S2. The Bertz CT molecular complexity index is 2610. The van der Waals surface area contributed by atoms with Gasteiger partial charge >= 0.3 is 0 Å². The molecule has 0 bridgehead atoms. The predicted molar refractivity (Wildman–Crippen MR) is 306 cm³/mol. The van der Waals surface area contributed by atoms with Gasteiger partial charge in [-0.05, 0) is 136 Å². The summed E-state index contributed by atoms with van der Waals surface area (Å²) in [7, 11) is 0. The third kappa shape index (κ3) is 14.5. The second kappa shape index (κ2) is 25.2. The van der Waals surface area contributed by atoms with E-state index in [9.17, 15) is 10.2 Å². The van der Waals surface area contributed by atoms with Crippen LogP contribution in [0.3, 0.4) is 0 Å². The summed E-state index contributed by atoms with van der Waals surface area (Å²) in [6, 6.07) is 71.0. The summed E-state index contributed by atoms with van der Waals surface area (Å²) in [5.74, 6) is 1.05. The van der Waals surface area contributed by atoms with Crippen LogP contribution in [-0.4, -0.2) is 64.5 Å². The molecule has 0 radical (unpaired) electrons. The van der Waals surface area contributed by atoms with Gasteiger partial charge < -0.3 is 20.0 Å². The number of aryl methyl sites for hydroxylation is 4. The van der Waals surface area contributed by atoms with Crippen LogP contribution in [0.25, 0.3) is 0 Å².